The Balaban J connectivity index is 2.05. The summed E-state index contributed by atoms with van der Waals surface area (Å²) in [5.41, 5.74) is 6.36. The molecule has 0 amide bonds. The molecule has 0 fully saturated rings. The first-order chi connectivity index (χ1) is 12.3. The Morgan fingerprint density at radius 3 is 2.42 bits per heavy atom. The number of halogens is 3. The van der Waals surface area contributed by atoms with Gasteiger partial charge in [-0.2, -0.15) is 25.8 Å². The minimum absolute atomic E-state index is 0.0320. The van der Waals surface area contributed by atoms with E-state index in [1.54, 1.807) is 24.3 Å². The summed E-state index contributed by atoms with van der Waals surface area (Å²) in [6, 6.07) is 12.4. The Morgan fingerprint density at radius 2 is 1.81 bits per heavy atom. The number of hydrogen-bond acceptors (Lipinski definition) is 5. The molecule has 5 nitrogen and oxygen atoms in total. The van der Waals surface area contributed by atoms with Crippen molar-refractivity contribution in [3.63, 3.8) is 0 Å². The van der Waals surface area contributed by atoms with Crippen molar-refractivity contribution in [1.29, 1.82) is 0 Å². The highest BCUT2D eigenvalue weighted by molar-refractivity contribution is 7.80. The summed E-state index contributed by atoms with van der Waals surface area (Å²) in [6.07, 6.45) is -4.43. The lowest BCUT2D eigenvalue weighted by Crippen LogP contribution is -2.26. The predicted octanol–water partition coefficient (Wildman–Crippen LogP) is 3.21. The van der Waals surface area contributed by atoms with Crippen LogP contribution in [-0.2, 0) is 0 Å². The summed E-state index contributed by atoms with van der Waals surface area (Å²) < 4.78 is 42.6. The average molecular weight is 381 g/mol. The van der Waals surface area contributed by atoms with Crippen molar-refractivity contribution in [2.24, 2.45) is 5.73 Å². The van der Waals surface area contributed by atoms with Gasteiger partial charge in [0, 0.05) is 0 Å². The lowest BCUT2D eigenvalue weighted by Gasteiger charge is -2.16. The smallest absolute Gasteiger partial charge is 0.422 e. The molecule has 2 N–H and O–H groups in total. The maximum atomic E-state index is 12.8. The van der Waals surface area contributed by atoms with E-state index in [0.29, 0.717) is 16.6 Å². The van der Waals surface area contributed by atoms with E-state index in [2.05, 4.69) is 22.3 Å². The second-order valence-corrected chi connectivity index (χ2v) is 6.03. The molecule has 26 heavy (non-hydrogen) atoms. The van der Waals surface area contributed by atoms with Crippen LogP contribution in [0.4, 0.5) is 13.2 Å². The van der Waals surface area contributed by atoms with E-state index in [4.69, 9.17) is 5.73 Å². The molecule has 0 bridgehead atoms. The zero-order valence-corrected chi connectivity index (χ0v) is 14.2. The number of thiol groups is 1. The van der Waals surface area contributed by atoms with Gasteiger partial charge in [0.05, 0.1) is 16.6 Å². The minimum atomic E-state index is -4.43. The molecule has 0 aliphatic carbocycles. The van der Waals surface area contributed by atoms with Gasteiger partial charge in [-0.25, -0.2) is 4.98 Å². The third kappa shape index (κ3) is 3.83. The minimum Gasteiger partial charge on any atom is -0.484 e. The SMILES string of the molecule is N[C@H](S)c1nc2ccccc2c(=O)n1-c1ccc(OCC(F)(F)F)cc1. The van der Waals surface area contributed by atoms with Crippen molar-refractivity contribution in [1.82, 2.24) is 9.55 Å². The molecule has 3 rings (SSSR count). The van der Waals surface area contributed by atoms with E-state index in [1.165, 1.54) is 28.8 Å². The summed E-state index contributed by atoms with van der Waals surface area (Å²) in [5, 5.41) is -0.434. The summed E-state index contributed by atoms with van der Waals surface area (Å²) >= 11 is 4.17. The third-order valence-corrected chi connectivity index (χ3v) is 3.79. The van der Waals surface area contributed by atoms with Crippen LogP contribution < -0.4 is 16.0 Å². The van der Waals surface area contributed by atoms with Crippen LogP contribution in [0.25, 0.3) is 16.6 Å². The van der Waals surface area contributed by atoms with Crippen LogP contribution in [0.5, 0.6) is 5.75 Å². The molecule has 0 aliphatic heterocycles. The molecule has 1 atom stereocenters. The van der Waals surface area contributed by atoms with Gasteiger partial charge in [-0.15, -0.1) is 0 Å². The Labute approximate surface area is 151 Å². The summed E-state index contributed by atoms with van der Waals surface area (Å²) in [4.78, 5) is 17.2. The summed E-state index contributed by atoms with van der Waals surface area (Å²) in [6.45, 7) is -1.39. The molecule has 0 spiro atoms. The molecule has 1 aromatic heterocycles. The van der Waals surface area contributed by atoms with Gasteiger partial charge in [0.1, 0.15) is 16.9 Å². The number of ether oxygens (including phenoxy) is 1. The number of alkyl halides is 3. The highest BCUT2D eigenvalue weighted by Gasteiger charge is 2.28. The molecule has 0 aliphatic rings. The van der Waals surface area contributed by atoms with Crippen molar-refractivity contribution < 1.29 is 17.9 Å². The van der Waals surface area contributed by atoms with Gasteiger partial charge in [-0.1, -0.05) is 12.1 Å². The van der Waals surface area contributed by atoms with Gasteiger partial charge >= 0.3 is 6.18 Å². The fraction of sp³-hybridized carbons (Fsp3) is 0.176. The van der Waals surface area contributed by atoms with Crippen LogP contribution in [0.1, 0.15) is 11.2 Å². The topological polar surface area (TPSA) is 70.1 Å². The van der Waals surface area contributed by atoms with Crippen LogP contribution in [-0.4, -0.2) is 22.3 Å². The molecule has 3 aromatic rings. The van der Waals surface area contributed by atoms with Gasteiger partial charge < -0.3 is 10.5 Å². The van der Waals surface area contributed by atoms with Crippen LogP contribution in [0.3, 0.4) is 0 Å². The average Bonchev–Trinajstić information content (AvgIpc) is 2.60. The highest BCUT2D eigenvalue weighted by Crippen LogP contribution is 2.22. The van der Waals surface area contributed by atoms with Crippen molar-refractivity contribution in [2.75, 3.05) is 6.61 Å². The molecule has 136 valence electrons. The van der Waals surface area contributed by atoms with Crippen molar-refractivity contribution in [3.05, 3.63) is 64.7 Å². The number of benzene rings is 2. The molecule has 0 saturated carbocycles. The molecule has 9 heteroatoms. The first-order valence-corrected chi connectivity index (χ1v) is 8.03. The predicted molar refractivity (Wildman–Crippen MR) is 94.8 cm³/mol. The number of para-hydroxylation sites is 1. The molecule has 2 aromatic carbocycles. The lowest BCUT2D eigenvalue weighted by molar-refractivity contribution is -0.153. The normalized spacial score (nSPS) is 13.0. The fourth-order valence-corrected chi connectivity index (χ4v) is 2.63. The van der Waals surface area contributed by atoms with Crippen LogP contribution >= 0.6 is 12.6 Å². The number of hydrogen-bond donors (Lipinski definition) is 2. The highest BCUT2D eigenvalue weighted by atomic mass is 32.1. The zero-order chi connectivity index (χ0) is 18.9. The Morgan fingerprint density at radius 1 is 1.15 bits per heavy atom. The number of fused-ring (bicyclic) bond motifs is 1. The standard InChI is InChI=1S/C17H14F3N3O2S/c18-17(19,20)9-25-11-7-5-10(6-8-11)23-15(14(21)26)22-13-4-2-1-3-12(13)16(23)24/h1-8,14,26H,9,21H2/t14-/m1/s1. The second-order valence-electron chi connectivity index (χ2n) is 5.47. The summed E-state index contributed by atoms with van der Waals surface area (Å²) in [5.74, 6) is 0.255. The largest absolute Gasteiger partial charge is 0.484 e. The Hall–Kier alpha value is -2.52. The number of nitrogens with two attached hydrogens (primary N) is 1. The zero-order valence-electron chi connectivity index (χ0n) is 13.3. The number of nitrogens with zero attached hydrogens (tertiary/aromatic N) is 2. The fourth-order valence-electron chi connectivity index (χ4n) is 2.45. The van der Waals surface area contributed by atoms with Crippen LogP contribution in [0.15, 0.2) is 53.3 Å². The van der Waals surface area contributed by atoms with E-state index in [-0.39, 0.29) is 17.1 Å². The van der Waals surface area contributed by atoms with Gasteiger partial charge in [0.15, 0.2) is 6.61 Å². The Bertz CT molecular complexity index is 985. The van der Waals surface area contributed by atoms with Crippen LogP contribution in [0, 0.1) is 0 Å². The second kappa shape index (κ2) is 7.00. The molecule has 1 heterocycles. The third-order valence-electron chi connectivity index (χ3n) is 3.56. The maximum Gasteiger partial charge on any atom is 0.422 e. The first-order valence-electron chi connectivity index (χ1n) is 7.51. The van der Waals surface area contributed by atoms with E-state index in [0.717, 1.165) is 0 Å². The van der Waals surface area contributed by atoms with E-state index in [9.17, 15) is 18.0 Å². The lowest BCUT2D eigenvalue weighted by atomic mass is 10.2. The number of rotatable bonds is 4. The molecule has 0 saturated heterocycles. The Kier molecular flexibility index (Phi) is 4.92. The summed E-state index contributed by atoms with van der Waals surface area (Å²) in [7, 11) is 0. The van der Waals surface area contributed by atoms with Crippen molar-refractivity contribution in [2.45, 2.75) is 11.6 Å². The molecular formula is C17H14F3N3O2S. The number of aromatic nitrogens is 2. The first kappa shape index (κ1) is 18.3. The monoisotopic (exact) mass is 381 g/mol. The quantitative estimate of drug-likeness (QED) is 0.538. The van der Waals surface area contributed by atoms with Crippen molar-refractivity contribution >= 4 is 23.5 Å². The van der Waals surface area contributed by atoms with Gasteiger partial charge in [-0.3, -0.25) is 9.36 Å². The van der Waals surface area contributed by atoms with Crippen LogP contribution in [0.2, 0.25) is 0 Å². The maximum absolute atomic E-state index is 12.8. The molecular weight excluding hydrogens is 367 g/mol. The molecule has 0 unspecified atom stereocenters. The van der Waals surface area contributed by atoms with E-state index in [1.807, 2.05) is 0 Å². The van der Waals surface area contributed by atoms with Gasteiger partial charge in [0.25, 0.3) is 5.56 Å². The van der Waals surface area contributed by atoms with Gasteiger partial charge in [0.2, 0.25) is 0 Å². The van der Waals surface area contributed by atoms with E-state index >= 15 is 0 Å². The van der Waals surface area contributed by atoms with Gasteiger partial charge in [-0.05, 0) is 36.4 Å². The molecule has 0 radical (unpaired) electrons. The van der Waals surface area contributed by atoms with Crippen molar-refractivity contribution in [3.8, 4) is 11.4 Å². The van der Waals surface area contributed by atoms with E-state index < -0.39 is 18.2 Å².